The number of thiazole rings is 1. The van der Waals surface area contributed by atoms with Crippen LogP contribution in [-0.4, -0.2) is 4.98 Å². The highest BCUT2D eigenvalue weighted by atomic mass is 35.5. The molecular weight excluding hydrogens is 425 g/mol. The maximum atomic E-state index is 6.22. The molecule has 0 aliphatic rings. The third-order valence-corrected chi connectivity index (χ3v) is 11.2. The second kappa shape index (κ2) is 8.32. The Morgan fingerprint density at radius 2 is 1.17 bits per heavy atom. The molecule has 4 aromatic carbocycles. The number of benzene rings is 4. The van der Waals surface area contributed by atoms with Crippen molar-refractivity contribution < 1.29 is 0 Å². The van der Waals surface area contributed by atoms with Gasteiger partial charge in [0.05, 0.1) is 10.2 Å². The SMILES string of the molecule is Clc1ccc2sc(C[P+](c3ccccc3)(c3ccccc3)c3ccccc3)nc2c1. The molecule has 0 aliphatic heterocycles. The summed E-state index contributed by atoms with van der Waals surface area (Å²) in [5.41, 5.74) is 0.981. The van der Waals surface area contributed by atoms with Crippen molar-refractivity contribution in [2.45, 2.75) is 6.16 Å². The van der Waals surface area contributed by atoms with Gasteiger partial charge in [0.25, 0.3) is 0 Å². The quantitative estimate of drug-likeness (QED) is 0.284. The molecule has 0 N–H and O–H groups in total. The summed E-state index contributed by atoms with van der Waals surface area (Å²) < 4.78 is 1.18. The Bertz CT molecular complexity index is 1170. The molecule has 0 amide bonds. The average Bonchev–Trinajstić information content (AvgIpc) is 3.20. The van der Waals surface area contributed by atoms with Gasteiger partial charge in [-0.25, -0.2) is 4.98 Å². The zero-order valence-corrected chi connectivity index (χ0v) is 18.7. The van der Waals surface area contributed by atoms with Crippen LogP contribution in [0.4, 0.5) is 0 Å². The van der Waals surface area contributed by atoms with Crippen LogP contribution in [0.1, 0.15) is 5.01 Å². The van der Waals surface area contributed by atoms with Crippen molar-refractivity contribution in [2.75, 3.05) is 0 Å². The second-order valence-electron chi connectivity index (χ2n) is 7.19. The number of aromatic nitrogens is 1. The molecule has 5 aromatic rings. The van der Waals surface area contributed by atoms with Gasteiger partial charge in [-0.15, -0.1) is 11.3 Å². The van der Waals surface area contributed by atoms with E-state index >= 15 is 0 Å². The van der Waals surface area contributed by atoms with Crippen molar-refractivity contribution in [3.63, 3.8) is 0 Å². The van der Waals surface area contributed by atoms with Crippen molar-refractivity contribution in [1.29, 1.82) is 0 Å². The minimum absolute atomic E-state index is 0.731. The summed E-state index contributed by atoms with van der Waals surface area (Å²) in [7, 11) is -1.93. The van der Waals surface area contributed by atoms with Crippen molar-refractivity contribution in [1.82, 2.24) is 4.98 Å². The smallest absolute Gasteiger partial charge is 0.132 e. The van der Waals surface area contributed by atoms with Crippen molar-refractivity contribution >= 4 is 56.3 Å². The molecule has 0 spiro atoms. The fourth-order valence-corrected chi connectivity index (χ4v) is 9.70. The summed E-state index contributed by atoms with van der Waals surface area (Å²) in [6.07, 6.45) is 0.891. The maximum absolute atomic E-state index is 6.22. The van der Waals surface area contributed by atoms with Gasteiger partial charge in [0.1, 0.15) is 34.3 Å². The fourth-order valence-electron chi connectivity index (χ4n) is 3.99. The molecule has 1 aromatic heterocycles. The summed E-state index contributed by atoms with van der Waals surface area (Å²) >= 11 is 8.00. The number of rotatable bonds is 5. The lowest BCUT2D eigenvalue weighted by Crippen LogP contribution is -2.32. The molecule has 0 saturated carbocycles. The minimum atomic E-state index is -1.93. The fraction of sp³-hybridized carbons (Fsp3) is 0.0385. The molecule has 146 valence electrons. The predicted octanol–water partition coefficient (Wildman–Crippen LogP) is 6.44. The highest BCUT2D eigenvalue weighted by Crippen LogP contribution is 2.58. The summed E-state index contributed by atoms with van der Waals surface area (Å²) in [6, 6.07) is 38.8. The number of nitrogens with zero attached hydrogens (tertiary/aromatic N) is 1. The van der Waals surface area contributed by atoms with Crippen LogP contribution in [0.25, 0.3) is 10.2 Å². The molecule has 0 bridgehead atoms. The molecule has 0 saturated heterocycles. The Morgan fingerprint density at radius 1 is 0.667 bits per heavy atom. The van der Waals surface area contributed by atoms with Gasteiger partial charge < -0.3 is 0 Å². The van der Waals surface area contributed by atoms with E-state index in [4.69, 9.17) is 16.6 Å². The Labute approximate surface area is 186 Å². The van der Waals surface area contributed by atoms with Gasteiger partial charge in [-0.05, 0) is 54.6 Å². The number of fused-ring (bicyclic) bond motifs is 1. The van der Waals surface area contributed by atoms with Crippen LogP contribution in [0.3, 0.4) is 0 Å². The van der Waals surface area contributed by atoms with E-state index in [1.54, 1.807) is 11.3 Å². The van der Waals surface area contributed by atoms with Gasteiger partial charge in [0, 0.05) is 5.02 Å². The number of hydrogen-bond donors (Lipinski definition) is 0. The normalized spacial score (nSPS) is 11.6. The van der Waals surface area contributed by atoms with Crippen LogP contribution in [-0.2, 0) is 6.16 Å². The zero-order valence-electron chi connectivity index (χ0n) is 16.3. The Hall–Kier alpha value is -2.51. The number of hydrogen-bond acceptors (Lipinski definition) is 2. The van der Waals surface area contributed by atoms with E-state index < -0.39 is 7.26 Å². The maximum Gasteiger partial charge on any atom is 0.132 e. The first-order valence-electron chi connectivity index (χ1n) is 9.86. The lowest BCUT2D eigenvalue weighted by atomic mass is 10.3. The Kier molecular flexibility index (Phi) is 5.39. The molecule has 0 unspecified atom stereocenters. The van der Waals surface area contributed by atoms with Gasteiger partial charge in [-0.2, -0.15) is 0 Å². The predicted molar refractivity (Wildman–Crippen MR) is 133 cm³/mol. The summed E-state index contributed by atoms with van der Waals surface area (Å²) in [5.74, 6) is 0. The van der Waals surface area contributed by atoms with E-state index in [9.17, 15) is 0 Å². The standard InChI is InChI=1S/C26H20ClNPS/c27-20-16-17-25-24(18-20)28-26(30-25)19-29(21-10-4-1-5-11-21,22-12-6-2-7-13-22)23-14-8-3-9-15-23/h1-18H,19H2/q+1. The first-order chi connectivity index (χ1) is 14.8. The third-order valence-electron chi connectivity index (χ3n) is 5.36. The molecule has 0 aliphatic carbocycles. The Balaban J connectivity index is 1.76. The highest BCUT2D eigenvalue weighted by Gasteiger charge is 2.46. The molecule has 4 heteroatoms. The molecular formula is C26H20ClNPS+. The van der Waals surface area contributed by atoms with Crippen LogP contribution in [0.5, 0.6) is 0 Å². The van der Waals surface area contributed by atoms with Gasteiger partial charge >= 0.3 is 0 Å². The van der Waals surface area contributed by atoms with Crippen molar-refractivity contribution in [2.24, 2.45) is 0 Å². The number of halogens is 1. The first-order valence-corrected chi connectivity index (χ1v) is 13.0. The molecule has 0 radical (unpaired) electrons. The van der Waals surface area contributed by atoms with Crippen LogP contribution in [0.15, 0.2) is 109 Å². The highest BCUT2D eigenvalue weighted by molar-refractivity contribution is 7.95. The van der Waals surface area contributed by atoms with Gasteiger partial charge in [0.15, 0.2) is 0 Å². The van der Waals surface area contributed by atoms with Crippen molar-refractivity contribution in [3.05, 3.63) is 119 Å². The molecule has 30 heavy (non-hydrogen) atoms. The molecule has 5 rings (SSSR count). The van der Waals surface area contributed by atoms with E-state index in [0.29, 0.717) is 0 Å². The summed E-state index contributed by atoms with van der Waals surface area (Å²) in [6.45, 7) is 0. The van der Waals surface area contributed by atoms with E-state index in [0.717, 1.165) is 21.7 Å². The lowest BCUT2D eigenvalue weighted by Gasteiger charge is -2.26. The third kappa shape index (κ3) is 3.56. The van der Waals surface area contributed by atoms with Crippen LogP contribution >= 0.6 is 30.2 Å². The van der Waals surface area contributed by atoms with Crippen molar-refractivity contribution in [3.8, 4) is 0 Å². The monoisotopic (exact) mass is 444 g/mol. The molecule has 0 atom stereocenters. The summed E-state index contributed by atoms with van der Waals surface area (Å²) in [4.78, 5) is 5.00. The van der Waals surface area contributed by atoms with Crippen LogP contribution < -0.4 is 15.9 Å². The van der Waals surface area contributed by atoms with Gasteiger partial charge in [0.2, 0.25) is 0 Å². The van der Waals surface area contributed by atoms with Gasteiger partial charge in [-0.1, -0.05) is 66.2 Å². The molecule has 0 fully saturated rings. The average molecular weight is 445 g/mol. The molecule has 1 nitrogen and oxygen atoms in total. The van der Waals surface area contributed by atoms with Crippen LogP contribution in [0, 0.1) is 0 Å². The van der Waals surface area contributed by atoms with E-state index in [-0.39, 0.29) is 0 Å². The first kappa shape index (κ1) is 19.5. The largest absolute Gasteiger partial charge is 0.237 e. The van der Waals surface area contributed by atoms with Crippen LogP contribution in [0.2, 0.25) is 5.02 Å². The second-order valence-corrected chi connectivity index (χ2v) is 12.2. The van der Waals surface area contributed by atoms with Gasteiger partial charge in [-0.3, -0.25) is 0 Å². The zero-order chi connectivity index (χ0) is 20.4. The Morgan fingerprint density at radius 3 is 1.67 bits per heavy atom. The van der Waals surface area contributed by atoms with E-state index in [1.807, 2.05) is 12.1 Å². The lowest BCUT2D eigenvalue weighted by molar-refractivity contribution is 1.30. The minimum Gasteiger partial charge on any atom is -0.237 e. The van der Waals surface area contributed by atoms with E-state index in [1.165, 1.54) is 20.6 Å². The van der Waals surface area contributed by atoms with E-state index in [2.05, 4.69) is 97.1 Å². The summed E-state index contributed by atoms with van der Waals surface area (Å²) in [5, 5.41) is 6.01. The molecule has 1 heterocycles. The topological polar surface area (TPSA) is 12.9 Å².